The molecule has 0 saturated heterocycles. The Labute approximate surface area is 144 Å². The summed E-state index contributed by atoms with van der Waals surface area (Å²) in [5, 5.41) is 12.8. The van der Waals surface area contributed by atoms with Crippen LogP contribution in [0, 0.1) is 0 Å². The van der Waals surface area contributed by atoms with Crippen LogP contribution in [0.1, 0.15) is 38.4 Å². The molecule has 0 saturated carbocycles. The number of furan rings is 1. The molecule has 0 radical (unpaired) electrons. The van der Waals surface area contributed by atoms with Crippen molar-refractivity contribution >= 4 is 23.1 Å². The number of hydrogen-bond acceptors (Lipinski definition) is 6. The molecular weight excluding hydrogens is 328 g/mol. The summed E-state index contributed by atoms with van der Waals surface area (Å²) < 4.78 is 7.51. The van der Waals surface area contributed by atoms with Crippen LogP contribution in [0.3, 0.4) is 0 Å². The van der Waals surface area contributed by atoms with Gasteiger partial charge in [0.05, 0.1) is 17.0 Å². The monoisotopic (exact) mass is 348 g/mol. The molecule has 0 N–H and O–H groups in total. The zero-order chi connectivity index (χ0) is 16.4. The molecular formula is C16H20N4OS2. The van der Waals surface area contributed by atoms with Gasteiger partial charge in [-0.3, -0.25) is 4.57 Å². The average Bonchev–Trinajstić information content (AvgIpc) is 3.23. The van der Waals surface area contributed by atoms with Crippen LogP contribution in [-0.4, -0.2) is 19.7 Å². The molecule has 0 aliphatic carbocycles. The lowest BCUT2D eigenvalue weighted by atomic mass is 9.98. The Kier molecular flexibility index (Phi) is 4.59. The predicted molar refractivity (Wildman–Crippen MR) is 93.8 cm³/mol. The molecule has 122 valence electrons. The van der Waals surface area contributed by atoms with E-state index in [0.717, 1.165) is 34.7 Å². The van der Waals surface area contributed by atoms with Crippen LogP contribution in [0.2, 0.25) is 0 Å². The number of thiazole rings is 1. The quantitative estimate of drug-likeness (QED) is 0.631. The summed E-state index contributed by atoms with van der Waals surface area (Å²) in [6.45, 7) is 9.44. The first kappa shape index (κ1) is 16.3. The normalized spacial score (nSPS) is 12.0. The van der Waals surface area contributed by atoms with Gasteiger partial charge in [-0.15, -0.1) is 21.5 Å². The second-order valence-electron chi connectivity index (χ2n) is 6.21. The van der Waals surface area contributed by atoms with Crippen LogP contribution >= 0.6 is 23.1 Å². The Balaban J connectivity index is 1.75. The van der Waals surface area contributed by atoms with Crippen molar-refractivity contribution in [2.24, 2.45) is 0 Å². The van der Waals surface area contributed by atoms with E-state index in [1.807, 2.05) is 12.1 Å². The van der Waals surface area contributed by atoms with Crippen LogP contribution in [0.25, 0.3) is 11.6 Å². The van der Waals surface area contributed by atoms with Crippen molar-refractivity contribution in [3.05, 3.63) is 34.5 Å². The lowest BCUT2D eigenvalue weighted by molar-refractivity contribution is 0.567. The van der Waals surface area contributed by atoms with Gasteiger partial charge in [0.25, 0.3) is 0 Å². The third-order valence-corrected chi connectivity index (χ3v) is 5.63. The molecule has 0 atom stereocenters. The fourth-order valence-corrected chi connectivity index (χ4v) is 4.03. The van der Waals surface area contributed by atoms with Gasteiger partial charge in [0.2, 0.25) is 0 Å². The van der Waals surface area contributed by atoms with Crippen molar-refractivity contribution in [2.45, 2.75) is 50.6 Å². The highest BCUT2D eigenvalue weighted by Crippen LogP contribution is 2.30. The topological polar surface area (TPSA) is 56.7 Å². The van der Waals surface area contributed by atoms with Crippen molar-refractivity contribution in [1.82, 2.24) is 19.7 Å². The number of aromatic nitrogens is 4. The maximum absolute atomic E-state index is 5.44. The highest BCUT2D eigenvalue weighted by atomic mass is 32.2. The smallest absolute Gasteiger partial charge is 0.200 e. The molecule has 0 spiro atoms. The van der Waals surface area contributed by atoms with E-state index >= 15 is 0 Å². The van der Waals surface area contributed by atoms with Crippen LogP contribution < -0.4 is 0 Å². The van der Waals surface area contributed by atoms with Gasteiger partial charge in [0, 0.05) is 23.1 Å². The van der Waals surface area contributed by atoms with Gasteiger partial charge in [-0.25, -0.2) is 4.98 Å². The highest BCUT2D eigenvalue weighted by Gasteiger charge is 2.19. The van der Waals surface area contributed by atoms with E-state index < -0.39 is 0 Å². The maximum Gasteiger partial charge on any atom is 0.200 e. The maximum atomic E-state index is 5.44. The van der Waals surface area contributed by atoms with Gasteiger partial charge in [-0.05, 0) is 19.1 Å². The predicted octanol–water partition coefficient (Wildman–Crippen LogP) is 4.60. The first-order valence-corrected chi connectivity index (χ1v) is 9.40. The van der Waals surface area contributed by atoms with Gasteiger partial charge in [-0.1, -0.05) is 32.5 Å². The van der Waals surface area contributed by atoms with E-state index in [4.69, 9.17) is 9.40 Å². The Hall–Kier alpha value is -1.60. The number of nitrogens with zero attached hydrogens (tertiary/aromatic N) is 4. The van der Waals surface area contributed by atoms with E-state index in [9.17, 15) is 0 Å². The lowest BCUT2D eigenvalue weighted by Gasteiger charge is -2.13. The Bertz CT molecular complexity index is 768. The molecule has 5 nitrogen and oxygen atoms in total. The largest absolute Gasteiger partial charge is 0.461 e. The summed E-state index contributed by atoms with van der Waals surface area (Å²) >= 11 is 3.38. The zero-order valence-electron chi connectivity index (χ0n) is 13.7. The van der Waals surface area contributed by atoms with Crippen LogP contribution in [0.15, 0.2) is 33.3 Å². The number of rotatable bonds is 5. The van der Waals surface area contributed by atoms with Crippen LogP contribution in [0.4, 0.5) is 0 Å². The molecule has 7 heteroatoms. The van der Waals surface area contributed by atoms with Gasteiger partial charge < -0.3 is 4.42 Å². The molecule has 3 aromatic rings. The van der Waals surface area contributed by atoms with Crippen molar-refractivity contribution in [3.63, 3.8) is 0 Å². The molecule has 0 bridgehead atoms. The molecule has 0 unspecified atom stereocenters. The molecule has 3 rings (SSSR count). The van der Waals surface area contributed by atoms with E-state index in [2.05, 4.69) is 47.8 Å². The van der Waals surface area contributed by atoms with Gasteiger partial charge in [0.1, 0.15) is 0 Å². The molecule has 0 fully saturated rings. The molecule has 0 amide bonds. The van der Waals surface area contributed by atoms with Crippen LogP contribution in [0.5, 0.6) is 0 Å². The minimum atomic E-state index is 0.101. The summed E-state index contributed by atoms with van der Waals surface area (Å²) in [5.41, 5.74) is 1.19. The van der Waals surface area contributed by atoms with Gasteiger partial charge in [-0.2, -0.15) is 0 Å². The van der Waals surface area contributed by atoms with E-state index in [-0.39, 0.29) is 5.41 Å². The SMILES string of the molecule is CCn1c(SCc2csc(C(C)(C)C)n2)nnc1-c1ccco1. The average molecular weight is 348 g/mol. The first-order chi connectivity index (χ1) is 11.0. The summed E-state index contributed by atoms with van der Waals surface area (Å²) in [6.07, 6.45) is 1.65. The molecule has 0 aliphatic rings. The Morgan fingerprint density at radius 1 is 1.30 bits per heavy atom. The van der Waals surface area contributed by atoms with Crippen molar-refractivity contribution in [1.29, 1.82) is 0 Å². The third-order valence-electron chi connectivity index (χ3n) is 3.32. The molecule has 23 heavy (non-hydrogen) atoms. The van der Waals surface area contributed by atoms with Gasteiger partial charge in [0.15, 0.2) is 16.7 Å². The summed E-state index contributed by atoms with van der Waals surface area (Å²) in [6, 6.07) is 3.76. The number of thioether (sulfide) groups is 1. The summed E-state index contributed by atoms with van der Waals surface area (Å²) in [5.74, 6) is 2.31. The van der Waals surface area contributed by atoms with Crippen LogP contribution in [-0.2, 0) is 17.7 Å². The van der Waals surface area contributed by atoms with E-state index in [1.165, 1.54) is 5.01 Å². The molecule has 3 aromatic heterocycles. The first-order valence-electron chi connectivity index (χ1n) is 7.53. The zero-order valence-corrected chi connectivity index (χ0v) is 15.4. The highest BCUT2D eigenvalue weighted by molar-refractivity contribution is 7.98. The van der Waals surface area contributed by atoms with Gasteiger partial charge >= 0.3 is 0 Å². The molecule has 3 heterocycles. The van der Waals surface area contributed by atoms with Crippen molar-refractivity contribution in [3.8, 4) is 11.6 Å². The Morgan fingerprint density at radius 2 is 2.13 bits per heavy atom. The summed E-state index contributed by atoms with van der Waals surface area (Å²) in [7, 11) is 0. The second kappa shape index (κ2) is 6.49. The fraction of sp³-hybridized carbons (Fsp3) is 0.438. The second-order valence-corrected chi connectivity index (χ2v) is 8.01. The number of hydrogen-bond donors (Lipinski definition) is 0. The minimum Gasteiger partial charge on any atom is -0.461 e. The van der Waals surface area contributed by atoms with Crippen molar-refractivity contribution < 1.29 is 4.42 Å². The third kappa shape index (κ3) is 3.50. The van der Waals surface area contributed by atoms with E-state index in [1.54, 1.807) is 29.4 Å². The molecule has 0 aliphatic heterocycles. The fourth-order valence-electron chi connectivity index (χ4n) is 2.12. The standard InChI is InChI=1S/C16H20N4OS2/c1-5-20-13(12-7-6-8-21-12)18-19-15(20)23-10-11-9-22-14(17-11)16(2,3)4/h6-9H,5,10H2,1-4H3. The summed E-state index contributed by atoms with van der Waals surface area (Å²) in [4.78, 5) is 4.73. The van der Waals surface area contributed by atoms with Crippen molar-refractivity contribution in [2.75, 3.05) is 0 Å². The van der Waals surface area contributed by atoms with E-state index in [0.29, 0.717) is 0 Å². The molecule has 0 aromatic carbocycles. The minimum absolute atomic E-state index is 0.101. The Morgan fingerprint density at radius 3 is 2.74 bits per heavy atom. The lowest BCUT2D eigenvalue weighted by Crippen LogP contribution is -2.10.